The van der Waals surface area contributed by atoms with Gasteiger partial charge in [-0.15, -0.1) is 0 Å². The Morgan fingerprint density at radius 2 is 2.19 bits per heavy atom. The Kier molecular flexibility index (Phi) is 5.09. The van der Waals surface area contributed by atoms with Crippen molar-refractivity contribution in [3.8, 4) is 11.4 Å². The minimum atomic E-state index is 0.102. The second kappa shape index (κ2) is 7.02. The molecule has 0 aliphatic carbocycles. The Labute approximate surface area is 125 Å². The van der Waals surface area contributed by atoms with E-state index >= 15 is 0 Å². The van der Waals surface area contributed by atoms with Crippen molar-refractivity contribution in [2.75, 3.05) is 6.54 Å². The maximum atomic E-state index is 11.7. The molecule has 0 aliphatic rings. The molecular formula is C16H22N4O. The van der Waals surface area contributed by atoms with E-state index in [1.807, 2.05) is 39.1 Å². The molecule has 0 spiro atoms. The number of aryl methyl sites for hydroxylation is 1. The lowest BCUT2D eigenvalue weighted by Gasteiger charge is -2.11. The normalized spacial score (nSPS) is 10.9. The molecule has 0 fully saturated rings. The van der Waals surface area contributed by atoms with Gasteiger partial charge in [0.15, 0.2) is 0 Å². The van der Waals surface area contributed by atoms with E-state index in [2.05, 4.69) is 19.9 Å². The molecule has 5 nitrogen and oxygen atoms in total. The molecule has 0 radical (unpaired) electrons. The van der Waals surface area contributed by atoms with Gasteiger partial charge >= 0.3 is 0 Å². The first-order valence-electron chi connectivity index (χ1n) is 7.27. The van der Waals surface area contributed by atoms with Crippen LogP contribution in [0.3, 0.4) is 0 Å². The summed E-state index contributed by atoms with van der Waals surface area (Å²) in [5, 5.41) is 2.96. The van der Waals surface area contributed by atoms with Crippen LogP contribution < -0.4 is 5.32 Å². The minimum absolute atomic E-state index is 0.102. The van der Waals surface area contributed by atoms with Gasteiger partial charge in [0.2, 0.25) is 5.91 Å². The topological polar surface area (TPSA) is 59.8 Å². The zero-order chi connectivity index (χ0) is 15.2. The number of imidazole rings is 1. The van der Waals surface area contributed by atoms with Gasteiger partial charge in [-0.2, -0.15) is 0 Å². The summed E-state index contributed by atoms with van der Waals surface area (Å²) in [6.45, 7) is 7.42. The lowest BCUT2D eigenvalue weighted by atomic mass is 10.1. The number of hydrogen-bond acceptors (Lipinski definition) is 3. The Hall–Kier alpha value is -2.17. The van der Waals surface area contributed by atoms with E-state index < -0.39 is 0 Å². The summed E-state index contributed by atoms with van der Waals surface area (Å²) in [6, 6.07) is 3.89. The lowest BCUT2D eigenvalue weighted by Crippen LogP contribution is -2.28. The van der Waals surface area contributed by atoms with Gasteiger partial charge in [-0.3, -0.25) is 9.78 Å². The number of nitrogens with one attached hydrogen (secondary N) is 1. The van der Waals surface area contributed by atoms with Crippen molar-refractivity contribution in [2.24, 2.45) is 5.92 Å². The number of carbonyl (C=O) groups excluding carboxylic acids is 1. The second-order valence-electron chi connectivity index (χ2n) is 5.56. The van der Waals surface area contributed by atoms with Crippen LogP contribution in [-0.2, 0) is 11.3 Å². The van der Waals surface area contributed by atoms with Crippen molar-refractivity contribution >= 4 is 5.91 Å². The standard InChI is InChI=1S/C16H22N4O/c1-12(2)9-15(21)18-7-8-20-13(3)10-19-16(20)14-5-4-6-17-11-14/h4-6,10-12H,7-9H2,1-3H3,(H,18,21). The van der Waals surface area contributed by atoms with Crippen molar-refractivity contribution < 1.29 is 4.79 Å². The summed E-state index contributed by atoms with van der Waals surface area (Å²) < 4.78 is 2.10. The van der Waals surface area contributed by atoms with Crippen LogP contribution in [0.1, 0.15) is 26.0 Å². The highest BCUT2D eigenvalue weighted by molar-refractivity contribution is 5.76. The van der Waals surface area contributed by atoms with Gasteiger partial charge in [-0.1, -0.05) is 13.8 Å². The highest BCUT2D eigenvalue weighted by Gasteiger charge is 2.10. The van der Waals surface area contributed by atoms with E-state index in [9.17, 15) is 4.79 Å². The quantitative estimate of drug-likeness (QED) is 0.887. The van der Waals surface area contributed by atoms with Gasteiger partial charge in [0.1, 0.15) is 5.82 Å². The minimum Gasteiger partial charge on any atom is -0.354 e. The van der Waals surface area contributed by atoms with E-state index in [4.69, 9.17) is 0 Å². The van der Waals surface area contributed by atoms with Crippen molar-refractivity contribution in [3.05, 3.63) is 36.4 Å². The third kappa shape index (κ3) is 4.15. The van der Waals surface area contributed by atoms with E-state index in [0.29, 0.717) is 25.4 Å². The summed E-state index contributed by atoms with van der Waals surface area (Å²) in [6.07, 6.45) is 5.96. The monoisotopic (exact) mass is 286 g/mol. The molecule has 0 aromatic carbocycles. The van der Waals surface area contributed by atoms with Crippen LogP contribution in [0.25, 0.3) is 11.4 Å². The number of aromatic nitrogens is 3. The lowest BCUT2D eigenvalue weighted by molar-refractivity contribution is -0.121. The molecule has 2 heterocycles. The van der Waals surface area contributed by atoms with Crippen LogP contribution in [-0.4, -0.2) is 27.0 Å². The summed E-state index contributed by atoms with van der Waals surface area (Å²) in [5.74, 6) is 1.37. The smallest absolute Gasteiger partial charge is 0.220 e. The third-order valence-corrected chi connectivity index (χ3v) is 3.23. The summed E-state index contributed by atoms with van der Waals surface area (Å²) >= 11 is 0. The summed E-state index contributed by atoms with van der Waals surface area (Å²) in [5.41, 5.74) is 2.06. The van der Waals surface area contributed by atoms with Crippen LogP contribution >= 0.6 is 0 Å². The number of amides is 1. The predicted molar refractivity (Wildman–Crippen MR) is 82.7 cm³/mol. The maximum absolute atomic E-state index is 11.7. The van der Waals surface area contributed by atoms with Gasteiger partial charge in [-0.25, -0.2) is 4.98 Å². The number of carbonyl (C=O) groups is 1. The van der Waals surface area contributed by atoms with Crippen molar-refractivity contribution in [1.29, 1.82) is 0 Å². The van der Waals surface area contributed by atoms with Gasteiger partial charge in [0.25, 0.3) is 0 Å². The summed E-state index contributed by atoms with van der Waals surface area (Å²) in [4.78, 5) is 20.2. The van der Waals surface area contributed by atoms with E-state index in [0.717, 1.165) is 17.1 Å². The molecule has 0 atom stereocenters. The van der Waals surface area contributed by atoms with Crippen molar-refractivity contribution in [2.45, 2.75) is 33.7 Å². The molecule has 0 unspecified atom stereocenters. The fraction of sp³-hybridized carbons (Fsp3) is 0.438. The predicted octanol–water partition coefficient (Wildman–Crippen LogP) is 2.42. The number of hydrogen-bond donors (Lipinski definition) is 1. The molecule has 0 saturated carbocycles. The van der Waals surface area contributed by atoms with Crippen molar-refractivity contribution in [1.82, 2.24) is 19.9 Å². The molecule has 0 aliphatic heterocycles. The first-order valence-corrected chi connectivity index (χ1v) is 7.27. The maximum Gasteiger partial charge on any atom is 0.220 e. The molecule has 2 aromatic heterocycles. The first kappa shape index (κ1) is 15.2. The second-order valence-corrected chi connectivity index (χ2v) is 5.56. The molecule has 1 N–H and O–H groups in total. The SMILES string of the molecule is Cc1cnc(-c2cccnc2)n1CCNC(=O)CC(C)C. The molecule has 5 heteroatoms. The van der Waals surface area contributed by atoms with Crippen molar-refractivity contribution in [3.63, 3.8) is 0 Å². The molecule has 1 amide bonds. The third-order valence-electron chi connectivity index (χ3n) is 3.23. The summed E-state index contributed by atoms with van der Waals surface area (Å²) in [7, 11) is 0. The zero-order valence-corrected chi connectivity index (χ0v) is 12.8. The molecule has 21 heavy (non-hydrogen) atoms. The molecule has 0 saturated heterocycles. The fourth-order valence-electron chi connectivity index (χ4n) is 2.22. The average Bonchev–Trinajstić information content (AvgIpc) is 2.80. The fourth-order valence-corrected chi connectivity index (χ4v) is 2.22. The molecule has 2 rings (SSSR count). The number of rotatable bonds is 6. The van der Waals surface area contributed by atoms with E-state index in [1.54, 1.807) is 12.4 Å². The largest absolute Gasteiger partial charge is 0.354 e. The van der Waals surface area contributed by atoms with Gasteiger partial charge in [0, 0.05) is 49.4 Å². The van der Waals surface area contributed by atoms with Gasteiger partial charge < -0.3 is 9.88 Å². The Morgan fingerprint density at radius 3 is 2.86 bits per heavy atom. The van der Waals surface area contributed by atoms with Gasteiger partial charge in [0.05, 0.1) is 0 Å². The Bertz CT molecular complexity index is 590. The Morgan fingerprint density at radius 1 is 1.38 bits per heavy atom. The molecule has 0 bridgehead atoms. The first-order chi connectivity index (χ1) is 10.1. The highest BCUT2D eigenvalue weighted by atomic mass is 16.1. The van der Waals surface area contributed by atoms with Crippen LogP contribution in [0.15, 0.2) is 30.7 Å². The van der Waals surface area contributed by atoms with Gasteiger partial charge in [-0.05, 0) is 25.0 Å². The number of pyridine rings is 1. The number of nitrogens with zero attached hydrogens (tertiary/aromatic N) is 3. The molecular weight excluding hydrogens is 264 g/mol. The van der Waals surface area contributed by atoms with Crippen LogP contribution in [0.2, 0.25) is 0 Å². The van der Waals surface area contributed by atoms with E-state index in [-0.39, 0.29) is 5.91 Å². The highest BCUT2D eigenvalue weighted by Crippen LogP contribution is 2.17. The molecule has 112 valence electrons. The average molecular weight is 286 g/mol. The van der Waals surface area contributed by atoms with Crippen LogP contribution in [0.5, 0.6) is 0 Å². The Balaban J connectivity index is 2.01. The zero-order valence-electron chi connectivity index (χ0n) is 12.8. The van der Waals surface area contributed by atoms with Crippen LogP contribution in [0.4, 0.5) is 0 Å². The molecule has 2 aromatic rings. The van der Waals surface area contributed by atoms with Crippen LogP contribution in [0, 0.1) is 12.8 Å². The van der Waals surface area contributed by atoms with E-state index in [1.165, 1.54) is 0 Å².